The van der Waals surface area contributed by atoms with E-state index in [1.807, 2.05) is 51.5 Å². The average molecular weight is 283 g/mol. The topological polar surface area (TPSA) is 30.2 Å². The summed E-state index contributed by atoms with van der Waals surface area (Å²) in [7, 11) is 0. The van der Waals surface area contributed by atoms with Crippen LogP contribution in [0.3, 0.4) is 0 Å². The lowest BCUT2D eigenvalue weighted by Gasteiger charge is -2.04. The van der Waals surface area contributed by atoms with Crippen LogP contribution in [-0.4, -0.2) is 14.4 Å². The highest BCUT2D eigenvalue weighted by molar-refractivity contribution is 5.39. The molecule has 3 heteroatoms. The number of pyridine rings is 2. The number of aryl methyl sites for hydroxylation is 1. The van der Waals surface area contributed by atoms with Crippen LogP contribution in [-0.2, 0) is 0 Å². The molecule has 0 radical (unpaired) electrons. The van der Waals surface area contributed by atoms with Gasteiger partial charge in [0.25, 0.3) is 0 Å². The van der Waals surface area contributed by atoms with Gasteiger partial charge < -0.3 is 4.40 Å². The Bertz CT molecular complexity index is 627. The number of imidazole rings is 1. The van der Waals surface area contributed by atoms with Crippen LogP contribution in [0.15, 0.2) is 55.2 Å². The van der Waals surface area contributed by atoms with Crippen molar-refractivity contribution in [1.29, 1.82) is 0 Å². The first-order valence-electron chi connectivity index (χ1n) is 7.46. The maximum Gasteiger partial charge on any atom is 0.136 e. The summed E-state index contributed by atoms with van der Waals surface area (Å²) in [6.07, 6.45) is 9.53. The number of hydrogen-bond acceptors (Lipinski definition) is 2. The fraction of sp³-hybridized carbons (Fsp3) is 0.333. The van der Waals surface area contributed by atoms with Gasteiger partial charge in [0.15, 0.2) is 0 Å². The molecule has 0 spiro atoms. The van der Waals surface area contributed by atoms with Crippen molar-refractivity contribution < 1.29 is 0 Å². The molecule has 0 atom stereocenters. The minimum Gasteiger partial charge on any atom is -0.307 e. The summed E-state index contributed by atoms with van der Waals surface area (Å²) in [5.74, 6) is 0.580. The van der Waals surface area contributed by atoms with Gasteiger partial charge in [-0.15, -0.1) is 0 Å². The quantitative estimate of drug-likeness (QED) is 0.637. The van der Waals surface area contributed by atoms with Crippen molar-refractivity contribution in [3.05, 3.63) is 66.4 Å². The third-order valence-electron chi connectivity index (χ3n) is 2.89. The molecule has 3 aromatic rings. The molecule has 0 fully saturated rings. The molecular formula is C18H25N3. The van der Waals surface area contributed by atoms with Crippen LogP contribution < -0.4 is 0 Å². The van der Waals surface area contributed by atoms with Gasteiger partial charge in [0, 0.05) is 31.0 Å². The first-order chi connectivity index (χ1) is 10.2. The third kappa shape index (κ3) is 5.38. The highest BCUT2D eigenvalue weighted by Crippen LogP contribution is 2.14. The van der Waals surface area contributed by atoms with E-state index in [2.05, 4.69) is 46.5 Å². The molecule has 3 rings (SSSR count). The summed E-state index contributed by atoms with van der Waals surface area (Å²) >= 11 is 0. The molecule has 0 bridgehead atoms. The lowest BCUT2D eigenvalue weighted by Crippen LogP contribution is -1.91. The van der Waals surface area contributed by atoms with Crippen LogP contribution in [0.5, 0.6) is 0 Å². The van der Waals surface area contributed by atoms with Crippen LogP contribution in [0.2, 0.25) is 0 Å². The normalized spacial score (nSPS) is 9.62. The number of hydrogen-bond donors (Lipinski definition) is 0. The molecule has 0 saturated carbocycles. The standard InChI is InChI=1S/C10H12N2.C6H7N.C2H6/c1-8(2)9-3-4-10-11-5-6-12(10)7-9;1-6-3-2-4-7-5-6;1-2/h3-8H,1-2H3;2-5H,1H3;1-2H3. The molecule has 3 heterocycles. The molecule has 0 aliphatic carbocycles. The largest absolute Gasteiger partial charge is 0.307 e. The van der Waals surface area contributed by atoms with Gasteiger partial charge in [-0.2, -0.15) is 0 Å². The molecule has 0 N–H and O–H groups in total. The van der Waals surface area contributed by atoms with E-state index in [4.69, 9.17) is 0 Å². The SMILES string of the molecule is CC.CC(C)c1ccc2nccn2c1.Cc1cccnc1. The van der Waals surface area contributed by atoms with E-state index in [1.165, 1.54) is 11.1 Å². The van der Waals surface area contributed by atoms with Crippen molar-refractivity contribution in [2.45, 2.75) is 40.5 Å². The Labute approximate surface area is 127 Å². The number of aromatic nitrogens is 3. The Balaban J connectivity index is 0.000000210. The molecule has 112 valence electrons. The zero-order valence-electron chi connectivity index (χ0n) is 13.6. The number of nitrogens with zero attached hydrogens (tertiary/aromatic N) is 3. The van der Waals surface area contributed by atoms with Crippen molar-refractivity contribution >= 4 is 5.65 Å². The van der Waals surface area contributed by atoms with Crippen LogP contribution in [0, 0.1) is 6.92 Å². The van der Waals surface area contributed by atoms with Crippen LogP contribution >= 0.6 is 0 Å². The summed E-state index contributed by atoms with van der Waals surface area (Å²) in [5.41, 5.74) is 3.57. The molecule has 0 unspecified atom stereocenters. The molecular weight excluding hydrogens is 258 g/mol. The van der Waals surface area contributed by atoms with Gasteiger partial charge in [-0.05, 0) is 36.1 Å². The average Bonchev–Trinajstić information content (AvgIpc) is 2.98. The molecule has 0 amide bonds. The van der Waals surface area contributed by atoms with Gasteiger partial charge in [0.05, 0.1) is 0 Å². The van der Waals surface area contributed by atoms with Crippen LogP contribution in [0.25, 0.3) is 5.65 Å². The Morgan fingerprint density at radius 3 is 2.33 bits per heavy atom. The van der Waals surface area contributed by atoms with E-state index in [9.17, 15) is 0 Å². The van der Waals surface area contributed by atoms with Gasteiger partial charge in [-0.25, -0.2) is 4.98 Å². The Morgan fingerprint density at radius 2 is 1.81 bits per heavy atom. The van der Waals surface area contributed by atoms with Crippen molar-refractivity contribution in [2.24, 2.45) is 0 Å². The second-order valence-corrected chi connectivity index (χ2v) is 4.84. The van der Waals surface area contributed by atoms with Gasteiger partial charge in [0.1, 0.15) is 5.65 Å². The summed E-state index contributed by atoms with van der Waals surface area (Å²) in [5, 5.41) is 0. The first-order valence-corrected chi connectivity index (χ1v) is 7.46. The van der Waals surface area contributed by atoms with Crippen LogP contribution in [0.4, 0.5) is 0 Å². The number of fused-ring (bicyclic) bond motifs is 1. The lowest BCUT2D eigenvalue weighted by molar-refractivity contribution is 0.854. The first kappa shape index (κ1) is 16.9. The zero-order chi connectivity index (χ0) is 15.7. The molecule has 3 aromatic heterocycles. The maximum absolute atomic E-state index is 4.18. The van der Waals surface area contributed by atoms with E-state index in [0.717, 1.165) is 5.65 Å². The van der Waals surface area contributed by atoms with E-state index in [-0.39, 0.29) is 0 Å². The smallest absolute Gasteiger partial charge is 0.136 e. The summed E-state index contributed by atoms with van der Waals surface area (Å²) in [6.45, 7) is 10.4. The van der Waals surface area contributed by atoms with Gasteiger partial charge in [-0.1, -0.05) is 39.8 Å². The Kier molecular flexibility index (Phi) is 7.16. The summed E-state index contributed by atoms with van der Waals surface area (Å²) in [4.78, 5) is 8.07. The van der Waals surface area contributed by atoms with E-state index in [1.54, 1.807) is 6.20 Å². The fourth-order valence-corrected chi connectivity index (χ4v) is 1.73. The second-order valence-electron chi connectivity index (χ2n) is 4.84. The van der Waals surface area contributed by atoms with Crippen molar-refractivity contribution in [3.8, 4) is 0 Å². The highest BCUT2D eigenvalue weighted by Gasteiger charge is 1.99. The number of rotatable bonds is 1. The van der Waals surface area contributed by atoms with Crippen molar-refractivity contribution in [1.82, 2.24) is 14.4 Å². The van der Waals surface area contributed by atoms with Crippen LogP contribution in [0.1, 0.15) is 44.7 Å². The molecule has 0 aliphatic rings. The monoisotopic (exact) mass is 283 g/mol. The summed E-state index contributed by atoms with van der Waals surface area (Å²) in [6, 6.07) is 8.13. The third-order valence-corrected chi connectivity index (χ3v) is 2.89. The zero-order valence-corrected chi connectivity index (χ0v) is 13.6. The lowest BCUT2D eigenvalue weighted by atomic mass is 10.1. The minimum atomic E-state index is 0.580. The van der Waals surface area contributed by atoms with E-state index >= 15 is 0 Å². The van der Waals surface area contributed by atoms with Crippen molar-refractivity contribution in [3.63, 3.8) is 0 Å². The molecule has 0 aromatic carbocycles. The highest BCUT2D eigenvalue weighted by atomic mass is 15.0. The summed E-state index contributed by atoms with van der Waals surface area (Å²) < 4.78 is 2.05. The Hall–Kier alpha value is -2.16. The second kappa shape index (κ2) is 8.90. The minimum absolute atomic E-state index is 0.580. The molecule has 21 heavy (non-hydrogen) atoms. The van der Waals surface area contributed by atoms with Crippen molar-refractivity contribution in [2.75, 3.05) is 0 Å². The maximum atomic E-state index is 4.18. The predicted molar refractivity (Wildman–Crippen MR) is 89.6 cm³/mol. The van der Waals surface area contributed by atoms with Gasteiger partial charge in [-0.3, -0.25) is 4.98 Å². The van der Waals surface area contributed by atoms with Gasteiger partial charge >= 0.3 is 0 Å². The Morgan fingerprint density at radius 1 is 1.05 bits per heavy atom. The van der Waals surface area contributed by atoms with Gasteiger partial charge in [0.2, 0.25) is 0 Å². The van der Waals surface area contributed by atoms with E-state index in [0.29, 0.717) is 5.92 Å². The fourth-order valence-electron chi connectivity index (χ4n) is 1.73. The molecule has 0 aliphatic heterocycles. The molecule has 3 nitrogen and oxygen atoms in total. The predicted octanol–water partition coefficient (Wildman–Crippen LogP) is 4.87. The molecule has 0 saturated heterocycles. The van der Waals surface area contributed by atoms with E-state index < -0.39 is 0 Å².